The van der Waals surface area contributed by atoms with Crippen LogP contribution in [0.3, 0.4) is 0 Å². The van der Waals surface area contributed by atoms with Gasteiger partial charge in [-0.25, -0.2) is 0 Å². The summed E-state index contributed by atoms with van der Waals surface area (Å²) in [7, 11) is 0. The van der Waals surface area contributed by atoms with Crippen molar-refractivity contribution in [3.8, 4) is 0 Å². The van der Waals surface area contributed by atoms with Crippen LogP contribution >= 0.6 is 0 Å². The first kappa shape index (κ1) is 13.7. The van der Waals surface area contributed by atoms with Crippen LogP contribution in [0, 0.1) is 5.41 Å². The summed E-state index contributed by atoms with van der Waals surface area (Å²) in [4.78, 5) is 23.3. The highest BCUT2D eigenvalue weighted by molar-refractivity contribution is 6.02. The Kier molecular flexibility index (Phi) is 5.67. The molecular formula is C11H18O4. The maximum atomic E-state index is 11.6. The van der Waals surface area contributed by atoms with E-state index in [-0.39, 0.29) is 19.6 Å². The number of esters is 2. The number of carbonyl (C=O) groups excluding carboxylic acids is 2. The van der Waals surface area contributed by atoms with E-state index in [1.165, 1.54) is 6.08 Å². The number of hydrogen-bond acceptors (Lipinski definition) is 4. The lowest BCUT2D eigenvalue weighted by molar-refractivity contribution is -0.168. The Morgan fingerprint density at radius 3 is 1.73 bits per heavy atom. The molecule has 15 heavy (non-hydrogen) atoms. The van der Waals surface area contributed by atoms with Gasteiger partial charge in [0.1, 0.15) is 0 Å². The second-order valence-corrected chi connectivity index (χ2v) is 2.97. The number of rotatable bonds is 6. The van der Waals surface area contributed by atoms with Gasteiger partial charge < -0.3 is 9.47 Å². The van der Waals surface area contributed by atoms with Crippen LogP contribution in [0.2, 0.25) is 0 Å². The zero-order valence-corrected chi connectivity index (χ0v) is 9.54. The molecule has 0 amide bonds. The van der Waals surface area contributed by atoms with Gasteiger partial charge in [-0.1, -0.05) is 13.0 Å². The molecule has 0 rings (SSSR count). The van der Waals surface area contributed by atoms with Crippen molar-refractivity contribution in [1.82, 2.24) is 0 Å². The Bertz CT molecular complexity index is 227. The molecule has 0 aliphatic rings. The minimum absolute atomic E-state index is 0.230. The second kappa shape index (κ2) is 6.22. The van der Waals surface area contributed by atoms with E-state index in [1.54, 1.807) is 20.8 Å². The van der Waals surface area contributed by atoms with Crippen LogP contribution in [-0.4, -0.2) is 25.2 Å². The van der Waals surface area contributed by atoms with E-state index in [4.69, 9.17) is 9.47 Å². The van der Waals surface area contributed by atoms with Gasteiger partial charge in [0.05, 0.1) is 13.2 Å². The largest absolute Gasteiger partial charge is 0.465 e. The monoisotopic (exact) mass is 214 g/mol. The van der Waals surface area contributed by atoms with Crippen molar-refractivity contribution in [2.24, 2.45) is 5.41 Å². The smallest absolute Gasteiger partial charge is 0.327 e. The van der Waals surface area contributed by atoms with Crippen molar-refractivity contribution in [3.05, 3.63) is 12.7 Å². The fourth-order valence-electron chi connectivity index (χ4n) is 1.20. The molecule has 86 valence electrons. The molecule has 0 fully saturated rings. The lowest BCUT2D eigenvalue weighted by Crippen LogP contribution is -2.39. The van der Waals surface area contributed by atoms with Gasteiger partial charge in [0.2, 0.25) is 0 Å². The summed E-state index contributed by atoms with van der Waals surface area (Å²) >= 11 is 0. The number of hydrogen-bond donors (Lipinski definition) is 0. The Labute approximate surface area is 90.2 Å². The summed E-state index contributed by atoms with van der Waals surface area (Å²) in [5.41, 5.74) is -1.36. The molecule has 0 saturated heterocycles. The van der Waals surface area contributed by atoms with E-state index < -0.39 is 17.4 Å². The molecule has 0 radical (unpaired) electrons. The molecule has 0 N–H and O–H groups in total. The first-order valence-electron chi connectivity index (χ1n) is 5.07. The molecule has 0 aliphatic heterocycles. The van der Waals surface area contributed by atoms with Gasteiger partial charge in [0.25, 0.3) is 0 Å². The first-order valence-corrected chi connectivity index (χ1v) is 5.07. The van der Waals surface area contributed by atoms with Gasteiger partial charge in [-0.3, -0.25) is 9.59 Å². The molecule has 0 spiro atoms. The van der Waals surface area contributed by atoms with E-state index in [2.05, 4.69) is 6.58 Å². The quantitative estimate of drug-likeness (QED) is 0.383. The average Bonchev–Trinajstić information content (AvgIpc) is 2.21. The van der Waals surface area contributed by atoms with Crippen LogP contribution < -0.4 is 0 Å². The Balaban J connectivity index is 4.94. The lowest BCUT2D eigenvalue weighted by atomic mass is 9.85. The van der Waals surface area contributed by atoms with Gasteiger partial charge in [0, 0.05) is 0 Å². The van der Waals surface area contributed by atoms with Crippen LogP contribution in [0.25, 0.3) is 0 Å². The summed E-state index contributed by atoms with van der Waals surface area (Å²) in [5.74, 6) is -1.19. The van der Waals surface area contributed by atoms with Gasteiger partial charge in [-0.05, 0) is 20.3 Å². The van der Waals surface area contributed by atoms with Gasteiger partial charge in [-0.2, -0.15) is 0 Å². The predicted molar refractivity (Wildman–Crippen MR) is 56.2 cm³/mol. The third-order valence-electron chi connectivity index (χ3n) is 2.19. The standard InChI is InChI=1S/C11H18O4/c1-5-11(6-2,9(12)14-7-3)10(13)15-8-4/h5H,1,6-8H2,2-4H3. The van der Waals surface area contributed by atoms with Crippen molar-refractivity contribution >= 4 is 11.9 Å². The highest BCUT2D eigenvalue weighted by Crippen LogP contribution is 2.27. The zero-order valence-electron chi connectivity index (χ0n) is 9.54. The first-order chi connectivity index (χ1) is 7.08. The van der Waals surface area contributed by atoms with Crippen LogP contribution in [0.5, 0.6) is 0 Å². The Hall–Kier alpha value is -1.32. The molecule has 0 aromatic heterocycles. The minimum Gasteiger partial charge on any atom is -0.465 e. The molecule has 0 aliphatic carbocycles. The highest BCUT2D eigenvalue weighted by atomic mass is 16.6. The average molecular weight is 214 g/mol. The summed E-state index contributed by atoms with van der Waals surface area (Å²) in [6.07, 6.45) is 1.58. The third kappa shape index (κ3) is 2.81. The predicted octanol–water partition coefficient (Wildman–Crippen LogP) is 1.70. The summed E-state index contributed by atoms with van der Waals surface area (Å²) in [6.45, 7) is 9.06. The maximum absolute atomic E-state index is 11.6. The molecule has 0 aromatic rings. The Morgan fingerprint density at radius 1 is 1.13 bits per heavy atom. The van der Waals surface area contributed by atoms with E-state index in [0.29, 0.717) is 0 Å². The van der Waals surface area contributed by atoms with Crippen LogP contribution in [0.1, 0.15) is 27.2 Å². The molecule has 0 aromatic carbocycles. The normalized spacial score (nSPS) is 10.6. The summed E-state index contributed by atoms with van der Waals surface area (Å²) in [5, 5.41) is 0. The maximum Gasteiger partial charge on any atom is 0.327 e. The van der Waals surface area contributed by atoms with E-state index in [1.807, 2.05) is 0 Å². The van der Waals surface area contributed by atoms with Crippen molar-refractivity contribution in [2.45, 2.75) is 27.2 Å². The van der Waals surface area contributed by atoms with E-state index >= 15 is 0 Å². The van der Waals surface area contributed by atoms with Gasteiger partial charge in [0.15, 0.2) is 5.41 Å². The van der Waals surface area contributed by atoms with Crippen molar-refractivity contribution in [2.75, 3.05) is 13.2 Å². The third-order valence-corrected chi connectivity index (χ3v) is 2.19. The molecule has 0 heterocycles. The minimum atomic E-state index is -1.36. The summed E-state index contributed by atoms with van der Waals surface area (Å²) in [6, 6.07) is 0. The molecule has 0 unspecified atom stereocenters. The second-order valence-electron chi connectivity index (χ2n) is 2.97. The molecule has 0 atom stereocenters. The Morgan fingerprint density at radius 2 is 1.53 bits per heavy atom. The van der Waals surface area contributed by atoms with Crippen molar-refractivity contribution in [3.63, 3.8) is 0 Å². The van der Waals surface area contributed by atoms with E-state index in [0.717, 1.165) is 0 Å². The molecule has 4 nitrogen and oxygen atoms in total. The summed E-state index contributed by atoms with van der Waals surface area (Å²) < 4.78 is 9.69. The van der Waals surface area contributed by atoms with Crippen LogP contribution in [0.4, 0.5) is 0 Å². The lowest BCUT2D eigenvalue weighted by Gasteiger charge is -2.23. The highest BCUT2D eigenvalue weighted by Gasteiger charge is 2.44. The molecule has 0 saturated carbocycles. The zero-order chi connectivity index (χ0) is 11.9. The van der Waals surface area contributed by atoms with Gasteiger partial charge in [-0.15, -0.1) is 6.58 Å². The molecule has 4 heteroatoms. The van der Waals surface area contributed by atoms with Crippen LogP contribution in [-0.2, 0) is 19.1 Å². The van der Waals surface area contributed by atoms with Gasteiger partial charge >= 0.3 is 11.9 Å². The fourth-order valence-corrected chi connectivity index (χ4v) is 1.20. The number of ether oxygens (including phenoxy) is 2. The van der Waals surface area contributed by atoms with Crippen molar-refractivity contribution in [1.29, 1.82) is 0 Å². The topological polar surface area (TPSA) is 52.6 Å². The molecular weight excluding hydrogens is 196 g/mol. The van der Waals surface area contributed by atoms with Crippen molar-refractivity contribution < 1.29 is 19.1 Å². The fraction of sp³-hybridized carbons (Fsp3) is 0.636. The molecule has 0 bridgehead atoms. The van der Waals surface area contributed by atoms with E-state index in [9.17, 15) is 9.59 Å². The van der Waals surface area contributed by atoms with Crippen LogP contribution in [0.15, 0.2) is 12.7 Å². The SMILES string of the molecule is C=CC(CC)(C(=O)OCC)C(=O)OCC. The number of carbonyl (C=O) groups is 2.